The summed E-state index contributed by atoms with van der Waals surface area (Å²) in [6, 6.07) is 12.8. The van der Waals surface area contributed by atoms with Gasteiger partial charge in [0.25, 0.3) is 0 Å². The van der Waals surface area contributed by atoms with Crippen molar-refractivity contribution < 1.29 is 0 Å². The Bertz CT molecular complexity index is 570. The number of benzene rings is 1. The average Bonchev–Trinajstić information content (AvgIpc) is 2.45. The molecule has 0 aliphatic rings. The molecule has 1 aromatic carbocycles. The van der Waals surface area contributed by atoms with Crippen molar-refractivity contribution in [3.63, 3.8) is 0 Å². The Balaban J connectivity index is 2.55. The van der Waals surface area contributed by atoms with E-state index in [2.05, 4.69) is 73.7 Å². The second-order valence-corrected chi connectivity index (χ2v) is 17.2. The molecule has 1 unspecified atom stereocenters. The minimum absolute atomic E-state index is 0.611. The summed E-state index contributed by atoms with van der Waals surface area (Å²) >= 11 is -1.86. The van der Waals surface area contributed by atoms with Crippen LogP contribution in [-0.2, 0) is 0 Å². The van der Waals surface area contributed by atoms with Crippen molar-refractivity contribution in [3.8, 4) is 11.3 Å². The second kappa shape index (κ2) is 6.13. The third-order valence-corrected chi connectivity index (χ3v) is 8.22. The number of hydrogen-bond donors (Lipinski definition) is 0. The zero-order chi connectivity index (χ0) is 14.8. The van der Waals surface area contributed by atoms with Crippen molar-refractivity contribution in [1.29, 1.82) is 0 Å². The standard InChI is InChI=1S/C18H25GeN/c1-6-14(2)16-12-18(15-10-8-7-9-11-15)20-13-17(16)19(3,4)5/h7-14H,6H2,1-5H3. The van der Waals surface area contributed by atoms with Crippen LogP contribution in [0.5, 0.6) is 0 Å². The first-order valence-electron chi connectivity index (χ1n) is 7.49. The molecule has 0 bridgehead atoms. The molecule has 2 rings (SSSR count). The maximum atomic E-state index is 4.74. The summed E-state index contributed by atoms with van der Waals surface area (Å²) in [4.78, 5) is 4.74. The van der Waals surface area contributed by atoms with E-state index in [1.807, 2.05) is 0 Å². The minimum atomic E-state index is -1.86. The predicted molar refractivity (Wildman–Crippen MR) is 91.4 cm³/mol. The molecule has 0 saturated heterocycles. The van der Waals surface area contributed by atoms with Crippen molar-refractivity contribution in [2.24, 2.45) is 0 Å². The van der Waals surface area contributed by atoms with Gasteiger partial charge < -0.3 is 0 Å². The monoisotopic (exact) mass is 329 g/mol. The van der Waals surface area contributed by atoms with E-state index in [9.17, 15) is 0 Å². The van der Waals surface area contributed by atoms with Crippen LogP contribution in [0.2, 0.25) is 17.3 Å². The Morgan fingerprint density at radius 1 is 1.10 bits per heavy atom. The van der Waals surface area contributed by atoms with Crippen LogP contribution < -0.4 is 4.40 Å². The first-order valence-corrected chi connectivity index (χ1v) is 14.8. The Kier molecular flexibility index (Phi) is 4.69. The van der Waals surface area contributed by atoms with E-state index in [0.717, 1.165) is 5.69 Å². The molecular formula is C18H25GeN. The topological polar surface area (TPSA) is 12.9 Å². The van der Waals surface area contributed by atoms with Crippen LogP contribution >= 0.6 is 0 Å². The molecule has 0 aliphatic carbocycles. The van der Waals surface area contributed by atoms with E-state index < -0.39 is 13.3 Å². The third-order valence-electron chi connectivity index (χ3n) is 3.96. The molecular weight excluding hydrogens is 303 g/mol. The molecule has 20 heavy (non-hydrogen) atoms. The molecule has 0 saturated carbocycles. The van der Waals surface area contributed by atoms with E-state index in [4.69, 9.17) is 4.98 Å². The van der Waals surface area contributed by atoms with Gasteiger partial charge in [-0.15, -0.1) is 0 Å². The fourth-order valence-corrected chi connectivity index (χ4v) is 5.93. The van der Waals surface area contributed by atoms with Crippen LogP contribution in [0, 0.1) is 0 Å². The number of nitrogens with zero attached hydrogens (tertiary/aromatic N) is 1. The quantitative estimate of drug-likeness (QED) is 0.734. The zero-order valence-electron chi connectivity index (χ0n) is 13.3. The van der Waals surface area contributed by atoms with Gasteiger partial charge in [0.1, 0.15) is 0 Å². The van der Waals surface area contributed by atoms with Gasteiger partial charge in [-0.3, -0.25) is 0 Å². The number of rotatable bonds is 4. The van der Waals surface area contributed by atoms with Crippen LogP contribution in [-0.4, -0.2) is 18.3 Å². The van der Waals surface area contributed by atoms with Crippen LogP contribution in [0.1, 0.15) is 31.7 Å². The summed E-state index contributed by atoms with van der Waals surface area (Å²) in [5.41, 5.74) is 3.84. The summed E-state index contributed by atoms with van der Waals surface area (Å²) in [6.07, 6.45) is 3.34. The van der Waals surface area contributed by atoms with Crippen molar-refractivity contribution in [1.82, 2.24) is 4.98 Å². The van der Waals surface area contributed by atoms with E-state index in [0.29, 0.717) is 5.92 Å². The SMILES string of the molecule is CCC(C)c1cc(-c2ccccc2)nc[c]1[Ge]([CH3])([CH3])[CH3]. The van der Waals surface area contributed by atoms with Crippen molar-refractivity contribution >= 4 is 17.7 Å². The number of pyridine rings is 1. The van der Waals surface area contributed by atoms with Crippen LogP contribution in [0.3, 0.4) is 0 Å². The summed E-state index contributed by atoms with van der Waals surface area (Å²) < 4.78 is 1.55. The first-order chi connectivity index (χ1) is 9.43. The van der Waals surface area contributed by atoms with E-state index in [-0.39, 0.29) is 0 Å². The van der Waals surface area contributed by atoms with Gasteiger partial charge >= 0.3 is 126 Å². The third kappa shape index (κ3) is 3.32. The van der Waals surface area contributed by atoms with E-state index in [1.54, 1.807) is 4.40 Å². The van der Waals surface area contributed by atoms with E-state index >= 15 is 0 Å². The molecule has 0 spiro atoms. The van der Waals surface area contributed by atoms with Gasteiger partial charge in [0, 0.05) is 0 Å². The Hall–Kier alpha value is -1.09. The molecule has 1 aromatic heterocycles. The molecule has 0 N–H and O–H groups in total. The molecule has 2 heteroatoms. The van der Waals surface area contributed by atoms with Gasteiger partial charge in [0.05, 0.1) is 0 Å². The Morgan fingerprint density at radius 2 is 1.75 bits per heavy atom. The number of hydrogen-bond acceptors (Lipinski definition) is 1. The molecule has 1 heterocycles. The number of aromatic nitrogens is 1. The van der Waals surface area contributed by atoms with E-state index in [1.165, 1.54) is 17.5 Å². The van der Waals surface area contributed by atoms with Crippen molar-refractivity contribution in [3.05, 3.63) is 48.2 Å². The normalized spacial score (nSPS) is 13.2. The predicted octanol–water partition coefficient (Wildman–Crippen LogP) is 4.81. The molecule has 106 valence electrons. The van der Waals surface area contributed by atoms with Crippen LogP contribution in [0.25, 0.3) is 11.3 Å². The zero-order valence-corrected chi connectivity index (χ0v) is 15.4. The first kappa shape index (κ1) is 15.3. The second-order valence-electron chi connectivity index (χ2n) is 6.58. The average molecular weight is 328 g/mol. The van der Waals surface area contributed by atoms with Gasteiger partial charge in [-0.2, -0.15) is 0 Å². The van der Waals surface area contributed by atoms with Gasteiger partial charge in [-0.1, -0.05) is 0 Å². The molecule has 1 nitrogen and oxygen atoms in total. The van der Waals surface area contributed by atoms with Gasteiger partial charge in [0.2, 0.25) is 0 Å². The summed E-state index contributed by atoms with van der Waals surface area (Å²) in [5.74, 6) is 7.96. The molecule has 2 aromatic rings. The molecule has 0 aliphatic heterocycles. The molecule has 0 amide bonds. The van der Waals surface area contributed by atoms with Gasteiger partial charge in [-0.25, -0.2) is 0 Å². The van der Waals surface area contributed by atoms with Crippen LogP contribution in [0.4, 0.5) is 0 Å². The molecule has 1 atom stereocenters. The van der Waals surface area contributed by atoms with Crippen molar-refractivity contribution in [2.75, 3.05) is 0 Å². The fourth-order valence-electron chi connectivity index (χ4n) is 2.49. The van der Waals surface area contributed by atoms with Gasteiger partial charge in [0.15, 0.2) is 0 Å². The summed E-state index contributed by atoms with van der Waals surface area (Å²) in [7, 11) is 0. The van der Waals surface area contributed by atoms with Crippen molar-refractivity contribution in [2.45, 2.75) is 43.5 Å². The Labute approximate surface area is 125 Å². The maximum absolute atomic E-state index is 4.74. The van der Waals surface area contributed by atoms with Crippen LogP contribution in [0.15, 0.2) is 42.6 Å². The fraction of sp³-hybridized carbons (Fsp3) is 0.389. The Morgan fingerprint density at radius 3 is 2.30 bits per heavy atom. The molecule has 0 fully saturated rings. The van der Waals surface area contributed by atoms with Gasteiger partial charge in [-0.05, 0) is 0 Å². The molecule has 0 radical (unpaired) electrons. The summed E-state index contributed by atoms with van der Waals surface area (Å²) in [6.45, 7) is 4.61. The summed E-state index contributed by atoms with van der Waals surface area (Å²) in [5, 5.41) is 0.